The minimum atomic E-state index is 0.487. The highest BCUT2D eigenvalue weighted by molar-refractivity contribution is 4.70. The fourth-order valence-corrected chi connectivity index (χ4v) is 1.94. The van der Waals surface area contributed by atoms with Crippen LogP contribution in [-0.4, -0.2) is 39.0 Å². The first kappa shape index (κ1) is 12.9. The van der Waals surface area contributed by atoms with Crippen molar-refractivity contribution in [3.8, 4) is 0 Å². The highest BCUT2D eigenvalue weighted by atomic mass is 16.5. The SMILES string of the molecule is CCCOCC(CCC1CCCO1)NC. The summed E-state index contributed by atoms with van der Waals surface area (Å²) in [5.74, 6) is 0. The molecular formula is C12H25NO2. The van der Waals surface area contributed by atoms with Crippen molar-refractivity contribution in [2.24, 2.45) is 0 Å². The van der Waals surface area contributed by atoms with Crippen LogP contribution in [0, 0.1) is 0 Å². The largest absolute Gasteiger partial charge is 0.380 e. The van der Waals surface area contributed by atoms with Crippen molar-refractivity contribution >= 4 is 0 Å². The second-order valence-corrected chi connectivity index (χ2v) is 4.27. The van der Waals surface area contributed by atoms with Crippen molar-refractivity contribution in [3.05, 3.63) is 0 Å². The molecule has 1 heterocycles. The van der Waals surface area contributed by atoms with E-state index in [-0.39, 0.29) is 0 Å². The molecule has 0 aliphatic carbocycles. The normalized spacial score (nSPS) is 23.2. The van der Waals surface area contributed by atoms with Gasteiger partial charge in [-0.15, -0.1) is 0 Å². The van der Waals surface area contributed by atoms with Crippen molar-refractivity contribution in [3.63, 3.8) is 0 Å². The zero-order valence-corrected chi connectivity index (χ0v) is 10.1. The van der Waals surface area contributed by atoms with Crippen molar-refractivity contribution in [2.75, 3.05) is 26.9 Å². The summed E-state index contributed by atoms with van der Waals surface area (Å²) in [6.45, 7) is 4.80. The molecule has 0 bridgehead atoms. The van der Waals surface area contributed by atoms with E-state index in [9.17, 15) is 0 Å². The Kier molecular flexibility index (Phi) is 6.98. The van der Waals surface area contributed by atoms with E-state index < -0.39 is 0 Å². The molecule has 90 valence electrons. The van der Waals surface area contributed by atoms with E-state index in [0.29, 0.717) is 12.1 Å². The first-order chi connectivity index (χ1) is 7.36. The molecule has 0 aromatic rings. The minimum Gasteiger partial charge on any atom is -0.380 e. The van der Waals surface area contributed by atoms with E-state index in [2.05, 4.69) is 12.2 Å². The third-order valence-electron chi connectivity index (χ3n) is 2.94. The molecule has 1 saturated heterocycles. The van der Waals surface area contributed by atoms with Crippen molar-refractivity contribution in [2.45, 2.75) is 51.2 Å². The Morgan fingerprint density at radius 1 is 1.53 bits per heavy atom. The molecule has 2 unspecified atom stereocenters. The van der Waals surface area contributed by atoms with Gasteiger partial charge in [0.15, 0.2) is 0 Å². The topological polar surface area (TPSA) is 30.5 Å². The van der Waals surface area contributed by atoms with Gasteiger partial charge in [0, 0.05) is 19.3 Å². The molecule has 1 N–H and O–H groups in total. The first-order valence-electron chi connectivity index (χ1n) is 6.23. The maximum atomic E-state index is 5.60. The zero-order valence-electron chi connectivity index (χ0n) is 10.1. The monoisotopic (exact) mass is 215 g/mol. The van der Waals surface area contributed by atoms with Gasteiger partial charge >= 0.3 is 0 Å². The third kappa shape index (κ3) is 5.50. The van der Waals surface area contributed by atoms with E-state index in [1.807, 2.05) is 7.05 Å². The summed E-state index contributed by atoms with van der Waals surface area (Å²) in [4.78, 5) is 0. The molecule has 0 saturated carbocycles. The summed E-state index contributed by atoms with van der Waals surface area (Å²) in [6, 6.07) is 0.487. The van der Waals surface area contributed by atoms with Crippen LogP contribution in [-0.2, 0) is 9.47 Å². The molecule has 1 aliphatic rings. The lowest BCUT2D eigenvalue weighted by molar-refractivity contribution is 0.0837. The van der Waals surface area contributed by atoms with Crippen molar-refractivity contribution < 1.29 is 9.47 Å². The highest BCUT2D eigenvalue weighted by Crippen LogP contribution is 2.17. The van der Waals surface area contributed by atoms with Gasteiger partial charge in [-0.2, -0.15) is 0 Å². The van der Waals surface area contributed by atoms with Crippen molar-refractivity contribution in [1.82, 2.24) is 5.32 Å². The molecular weight excluding hydrogens is 190 g/mol. The number of likely N-dealkylation sites (N-methyl/N-ethyl adjacent to an activating group) is 1. The second-order valence-electron chi connectivity index (χ2n) is 4.27. The average Bonchev–Trinajstić information content (AvgIpc) is 2.76. The van der Waals surface area contributed by atoms with Gasteiger partial charge in [0.2, 0.25) is 0 Å². The van der Waals surface area contributed by atoms with Gasteiger partial charge in [0.05, 0.1) is 12.7 Å². The maximum absolute atomic E-state index is 5.60. The van der Waals surface area contributed by atoms with E-state index >= 15 is 0 Å². The van der Waals surface area contributed by atoms with E-state index in [4.69, 9.17) is 9.47 Å². The molecule has 0 spiro atoms. The predicted molar refractivity (Wildman–Crippen MR) is 62.2 cm³/mol. The van der Waals surface area contributed by atoms with Crippen LogP contribution in [0.25, 0.3) is 0 Å². The molecule has 0 aromatic heterocycles. The Labute approximate surface area is 93.5 Å². The Morgan fingerprint density at radius 2 is 2.40 bits per heavy atom. The molecule has 0 radical (unpaired) electrons. The van der Waals surface area contributed by atoms with Crippen LogP contribution in [0.3, 0.4) is 0 Å². The van der Waals surface area contributed by atoms with Gasteiger partial charge in [0.1, 0.15) is 0 Å². The van der Waals surface area contributed by atoms with Gasteiger partial charge in [-0.3, -0.25) is 0 Å². The Hall–Kier alpha value is -0.120. The molecule has 1 rings (SSSR count). The number of hydrogen-bond donors (Lipinski definition) is 1. The van der Waals surface area contributed by atoms with Crippen LogP contribution < -0.4 is 5.32 Å². The molecule has 0 amide bonds. The number of rotatable bonds is 8. The standard InChI is InChI=1S/C12H25NO2/c1-3-8-14-10-11(13-2)6-7-12-5-4-9-15-12/h11-13H,3-10H2,1-2H3. The van der Waals surface area contributed by atoms with Crippen LogP contribution in [0.15, 0.2) is 0 Å². The predicted octanol–water partition coefficient (Wildman–Crippen LogP) is 1.96. The molecule has 1 fully saturated rings. The Balaban J connectivity index is 2.04. The average molecular weight is 215 g/mol. The smallest absolute Gasteiger partial charge is 0.0619 e. The fraction of sp³-hybridized carbons (Fsp3) is 1.00. The number of hydrogen-bond acceptors (Lipinski definition) is 3. The summed E-state index contributed by atoms with van der Waals surface area (Å²) < 4.78 is 11.2. The lowest BCUT2D eigenvalue weighted by atomic mass is 10.1. The zero-order chi connectivity index (χ0) is 10.9. The second kappa shape index (κ2) is 8.08. The van der Waals surface area contributed by atoms with Gasteiger partial charge in [-0.1, -0.05) is 6.92 Å². The fourth-order valence-electron chi connectivity index (χ4n) is 1.94. The lowest BCUT2D eigenvalue weighted by Crippen LogP contribution is -2.31. The molecule has 0 aromatic carbocycles. The highest BCUT2D eigenvalue weighted by Gasteiger charge is 2.17. The van der Waals surface area contributed by atoms with E-state index in [0.717, 1.165) is 32.7 Å². The summed E-state index contributed by atoms with van der Waals surface area (Å²) in [5.41, 5.74) is 0. The number of nitrogens with one attached hydrogen (secondary N) is 1. The molecule has 3 heteroatoms. The molecule has 2 atom stereocenters. The van der Waals surface area contributed by atoms with E-state index in [1.54, 1.807) is 0 Å². The summed E-state index contributed by atoms with van der Waals surface area (Å²) in [6.07, 6.45) is 6.41. The van der Waals surface area contributed by atoms with Gasteiger partial charge in [-0.25, -0.2) is 0 Å². The van der Waals surface area contributed by atoms with E-state index in [1.165, 1.54) is 19.3 Å². The summed E-state index contributed by atoms with van der Waals surface area (Å²) >= 11 is 0. The van der Waals surface area contributed by atoms with Crippen LogP contribution >= 0.6 is 0 Å². The lowest BCUT2D eigenvalue weighted by Gasteiger charge is -2.18. The first-order valence-corrected chi connectivity index (χ1v) is 6.23. The Morgan fingerprint density at radius 3 is 3.00 bits per heavy atom. The third-order valence-corrected chi connectivity index (χ3v) is 2.94. The Bertz CT molecular complexity index is 147. The summed E-state index contributed by atoms with van der Waals surface area (Å²) in [5, 5.41) is 3.30. The van der Waals surface area contributed by atoms with Crippen LogP contribution in [0.4, 0.5) is 0 Å². The van der Waals surface area contributed by atoms with Gasteiger partial charge in [-0.05, 0) is 39.2 Å². The van der Waals surface area contributed by atoms with Crippen LogP contribution in [0.1, 0.15) is 39.0 Å². The molecule has 3 nitrogen and oxygen atoms in total. The van der Waals surface area contributed by atoms with Crippen molar-refractivity contribution in [1.29, 1.82) is 0 Å². The molecule has 1 aliphatic heterocycles. The quantitative estimate of drug-likeness (QED) is 0.628. The minimum absolute atomic E-state index is 0.487. The van der Waals surface area contributed by atoms with Gasteiger partial charge in [0.25, 0.3) is 0 Å². The maximum Gasteiger partial charge on any atom is 0.0619 e. The molecule has 15 heavy (non-hydrogen) atoms. The van der Waals surface area contributed by atoms with Crippen LogP contribution in [0.2, 0.25) is 0 Å². The van der Waals surface area contributed by atoms with Crippen LogP contribution in [0.5, 0.6) is 0 Å². The summed E-state index contributed by atoms with van der Waals surface area (Å²) in [7, 11) is 2.01. The van der Waals surface area contributed by atoms with Gasteiger partial charge < -0.3 is 14.8 Å². The number of ether oxygens (including phenoxy) is 2.